The minimum Gasteiger partial charge on any atom is -0.369 e. The molecule has 1 aliphatic carbocycles. The van der Waals surface area contributed by atoms with E-state index >= 15 is 0 Å². The van der Waals surface area contributed by atoms with Gasteiger partial charge in [-0.05, 0) is 33.5 Å². The highest BCUT2D eigenvalue weighted by Gasteiger charge is 2.16. The van der Waals surface area contributed by atoms with E-state index in [1.165, 1.54) is 16.3 Å². The second-order valence-electron chi connectivity index (χ2n) is 4.06. The van der Waals surface area contributed by atoms with Crippen LogP contribution in [0.4, 0.5) is 0 Å². The van der Waals surface area contributed by atoms with Crippen molar-refractivity contribution in [3.8, 4) is 0 Å². The Kier molecular flexibility index (Phi) is 1.83. The monoisotopic (exact) mass is 209 g/mol. The van der Waals surface area contributed by atoms with Crippen LogP contribution in [0.1, 0.15) is 17.5 Å². The molecule has 0 aromatic heterocycles. The smallest absolute Gasteiger partial charge is 0.221 e. The molecule has 2 nitrogen and oxygen atoms in total. The Bertz CT molecular complexity index is 620. The van der Waals surface area contributed by atoms with Crippen molar-refractivity contribution in [1.82, 2.24) is 0 Å². The molecule has 0 aliphatic heterocycles. The Morgan fingerprint density at radius 2 is 1.88 bits per heavy atom. The number of benzene rings is 2. The van der Waals surface area contributed by atoms with Gasteiger partial charge in [-0.15, -0.1) is 0 Å². The van der Waals surface area contributed by atoms with Gasteiger partial charge in [-0.2, -0.15) is 0 Å². The summed E-state index contributed by atoms with van der Waals surface area (Å²) >= 11 is 0. The topological polar surface area (TPSA) is 43.1 Å². The molecule has 2 heteroatoms. The fourth-order valence-electron chi connectivity index (χ4n) is 2.36. The summed E-state index contributed by atoms with van der Waals surface area (Å²) in [5.41, 5.74) is 8.61. The van der Waals surface area contributed by atoms with E-state index in [4.69, 9.17) is 5.73 Å². The highest BCUT2D eigenvalue weighted by molar-refractivity contribution is 6.11. The fourth-order valence-corrected chi connectivity index (χ4v) is 2.36. The Hall–Kier alpha value is -2.09. The largest absolute Gasteiger partial charge is 0.369 e. The zero-order valence-corrected chi connectivity index (χ0v) is 8.73. The Labute approximate surface area is 93.4 Å². The summed E-state index contributed by atoms with van der Waals surface area (Å²) in [7, 11) is 0. The maximum absolute atomic E-state index is 11.0. The van der Waals surface area contributed by atoms with Crippen molar-refractivity contribution < 1.29 is 4.79 Å². The van der Waals surface area contributed by atoms with Gasteiger partial charge < -0.3 is 5.73 Å². The summed E-state index contributed by atoms with van der Waals surface area (Å²) in [6.45, 7) is 0. The molecule has 0 unspecified atom stereocenters. The first-order valence-electron chi connectivity index (χ1n) is 5.27. The number of hydrogen-bond donors (Lipinski definition) is 1. The number of nitrogens with two attached hydrogens (primary N) is 1. The fraction of sp³-hybridized carbons (Fsp3) is 0.0714. The molecule has 1 aliphatic rings. The van der Waals surface area contributed by atoms with E-state index in [-0.39, 0.29) is 5.91 Å². The van der Waals surface area contributed by atoms with Crippen molar-refractivity contribution in [3.63, 3.8) is 0 Å². The van der Waals surface area contributed by atoms with Crippen LogP contribution < -0.4 is 5.73 Å². The van der Waals surface area contributed by atoms with Crippen molar-refractivity contribution in [2.24, 2.45) is 5.73 Å². The molecule has 2 aromatic carbocycles. The normalized spacial score (nSPS) is 12.9. The standard InChI is InChI=1S/C14H11NO/c15-13(16)8-11-7-10-5-1-3-9-4-2-6-12(11)14(9)10/h1-7H,8H2,(H2,15,16). The van der Waals surface area contributed by atoms with Crippen LogP contribution in [0, 0.1) is 0 Å². The lowest BCUT2D eigenvalue weighted by molar-refractivity contribution is -0.117. The van der Waals surface area contributed by atoms with Gasteiger partial charge in [-0.3, -0.25) is 4.79 Å². The molecule has 0 spiro atoms. The summed E-state index contributed by atoms with van der Waals surface area (Å²) in [6, 6.07) is 12.3. The molecule has 0 radical (unpaired) electrons. The number of hydrogen-bond acceptors (Lipinski definition) is 1. The molecule has 0 fully saturated rings. The van der Waals surface area contributed by atoms with Crippen LogP contribution in [0.5, 0.6) is 0 Å². The van der Waals surface area contributed by atoms with Gasteiger partial charge in [0, 0.05) is 0 Å². The number of carbonyl (C=O) groups is 1. The quantitative estimate of drug-likeness (QED) is 0.811. The number of carbonyl (C=O) groups excluding carboxylic acids is 1. The summed E-state index contributed by atoms with van der Waals surface area (Å²) in [5.74, 6) is -0.281. The highest BCUT2D eigenvalue weighted by atomic mass is 16.1. The molecular weight excluding hydrogens is 198 g/mol. The second kappa shape index (κ2) is 3.20. The van der Waals surface area contributed by atoms with E-state index < -0.39 is 0 Å². The number of primary amides is 1. The summed E-state index contributed by atoms with van der Waals surface area (Å²) < 4.78 is 0. The maximum Gasteiger partial charge on any atom is 0.221 e. The lowest BCUT2D eigenvalue weighted by Gasteiger charge is -2.03. The van der Waals surface area contributed by atoms with E-state index in [2.05, 4.69) is 24.3 Å². The molecule has 16 heavy (non-hydrogen) atoms. The molecule has 3 rings (SSSR count). The lowest BCUT2D eigenvalue weighted by Crippen LogP contribution is -2.10. The van der Waals surface area contributed by atoms with Crippen LogP contribution in [-0.2, 0) is 4.79 Å². The van der Waals surface area contributed by atoms with Crippen LogP contribution in [-0.4, -0.2) is 5.91 Å². The molecule has 0 bridgehead atoms. The molecule has 0 atom stereocenters. The van der Waals surface area contributed by atoms with Crippen molar-refractivity contribution in [1.29, 1.82) is 0 Å². The van der Waals surface area contributed by atoms with Crippen LogP contribution in [0.15, 0.2) is 36.4 Å². The van der Waals surface area contributed by atoms with E-state index in [1.54, 1.807) is 0 Å². The predicted octanol–water partition coefficient (Wildman–Crippen LogP) is 2.57. The molecular formula is C14H11NO. The third-order valence-electron chi connectivity index (χ3n) is 2.98. The third kappa shape index (κ3) is 1.23. The zero-order chi connectivity index (χ0) is 11.1. The molecule has 1 amide bonds. The minimum atomic E-state index is -0.281. The molecule has 0 heterocycles. The van der Waals surface area contributed by atoms with E-state index in [0.717, 1.165) is 11.1 Å². The zero-order valence-electron chi connectivity index (χ0n) is 8.73. The minimum absolute atomic E-state index is 0.281. The van der Waals surface area contributed by atoms with Crippen LogP contribution in [0.25, 0.3) is 22.4 Å². The average Bonchev–Trinajstić information content (AvgIpc) is 2.59. The van der Waals surface area contributed by atoms with Crippen molar-refractivity contribution in [3.05, 3.63) is 47.5 Å². The van der Waals surface area contributed by atoms with Gasteiger partial charge in [-0.1, -0.05) is 36.4 Å². The first-order chi connectivity index (χ1) is 7.75. The van der Waals surface area contributed by atoms with Crippen LogP contribution in [0.3, 0.4) is 0 Å². The predicted molar refractivity (Wildman–Crippen MR) is 65.6 cm³/mol. The lowest BCUT2D eigenvalue weighted by atomic mass is 10.0. The first kappa shape index (κ1) is 9.16. The van der Waals surface area contributed by atoms with E-state index in [9.17, 15) is 4.79 Å². The molecule has 2 aromatic rings. The Morgan fingerprint density at radius 3 is 2.62 bits per heavy atom. The summed E-state index contributed by atoms with van der Waals surface area (Å²) in [6.07, 6.45) is 2.37. The summed E-state index contributed by atoms with van der Waals surface area (Å²) in [4.78, 5) is 11.0. The number of rotatable bonds is 2. The number of amides is 1. The Balaban J connectivity index is 2.25. The molecule has 2 N–H and O–H groups in total. The maximum atomic E-state index is 11.0. The summed E-state index contributed by atoms with van der Waals surface area (Å²) in [5, 5.41) is 2.45. The average molecular weight is 209 g/mol. The third-order valence-corrected chi connectivity index (χ3v) is 2.98. The van der Waals surface area contributed by atoms with Gasteiger partial charge in [0.25, 0.3) is 0 Å². The highest BCUT2D eigenvalue weighted by Crippen LogP contribution is 2.37. The van der Waals surface area contributed by atoms with Crippen molar-refractivity contribution >= 4 is 28.3 Å². The van der Waals surface area contributed by atoms with Gasteiger partial charge in [0.15, 0.2) is 0 Å². The first-order valence-corrected chi connectivity index (χ1v) is 5.27. The Morgan fingerprint density at radius 1 is 1.12 bits per heavy atom. The van der Waals surface area contributed by atoms with Crippen LogP contribution in [0.2, 0.25) is 0 Å². The molecule has 78 valence electrons. The second-order valence-corrected chi connectivity index (χ2v) is 4.06. The van der Waals surface area contributed by atoms with Crippen molar-refractivity contribution in [2.75, 3.05) is 0 Å². The van der Waals surface area contributed by atoms with E-state index in [0.29, 0.717) is 6.42 Å². The van der Waals surface area contributed by atoms with Gasteiger partial charge in [0.2, 0.25) is 5.91 Å². The van der Waals surface area contributed by atoms with Gasteiger partial charge in [-0.25, -0.2) is 0 Å². The molecule has 0 saturated carbocycles. The van der Waals surface area contributed by atoms with E-state index in [1.807, 2.05) is 18.2 Å². The SMILES string of the molecule is NC(=O)CC1=Cc2cccc3cccc1c23. The van der Waals surface area contributed by atoms with Crippen molar-refractivity contribution in [2.45, 2.75) is 6.42 Å². The van der Waals surface area contributed by atoms with Gasteiger partial charge >= 0.3 is 0 Å². The molecule has 0 saturated heterocycles. The van der Waals surface area contributed by atoms with Gasteiger partial charge in [0.1, 0.15) is 0 Å². The van der Waals surface area contributed by atoms with Gasteiger partial charge in [0.05, 0.1) is 6.42 Å². The van der Waals surface area contributed by atoms with Crippen LogP contribution >= 0.6 is 0 Å².